The number of rotatable bonds is 8. The Labute approximate surface area is 151 Å². The summed E-state index contributed by atoms with van der Waals surface area (Å²) in [4.78, 5) is 18.4. The predicted molar refractivity (Wildman–Crippen MR) is 92.2 cm³/mol. The second kappa shape index (κ2) is 7.76. The zero-order chi connectivity index (χ0) is 19.4. The van der Waals surface area contributed by atoms with Crippen molar-refractivity contribution in [3.8, 4) is 5.75 Å². The molecule has 0 amide bonds. The molecule has 3 aromatic rings. The van der Waals surface area contributed by atoms with Gasteiger partial charge < -0.3 is 15.4 Å². The topological polar surface area (TPSA) is 120 Å². The number of nitrogens with one attached hydrogen (secondary N) is 2. The third-order valence-corrected chi connectivity index (χ3v) is 3.51. The molecule has 142 valence electrons. The van der Waals surface area contributed by atoms with Crippen LogP contribution in [0.4, 0.5) is 26.0 Å². The van der Waals surface area contributed by atoms with Crippen LogP contribution in [0.3, 0.4) is 0 Å². The molecule has 0 unspecified atom stereocenters. The molecule has 0 aliphatic carbocycles. The monoisotopic (exact) mass is 379 g/mol. The van der Waals surface area contributed by atoms with Crippen molar-refractivity contribution in [1.82, 2.24) is 19.6 Å². The second-order valence-corrected chi connectivity index (χ2v) is 5.43. The quantitative estimate of drug-likeness (QED) is 0.348. The Morgan fingerprint density at radius 3 is 2.81 bits per heavy atom. The number of ether oxygens (including phenoxy) is 1. The standard InChI is InChI=1S/C15H15F2N7O3/c1-9-6-13(23-15(22-9)20-8-21-23)19-5-4-18-10-2-3-11(24(25)26)12(7-10)27-14(16)17/h2-3,6-8,14,18-19H,4-5H2,1H3. The normalized spacial score (nSPS) is 11.0. The molecule has 0 fully saturated rings. The van der Waals surface area contributed by atoms with Crippen LogP contribution in [0.5, 0.6) is 5.75 Å². The van der Waals surface area contributed by atoms with Crippen molar-refractivity contribution >= 4 is 23.0 Å². The lowest BCUT2D eigenvalue weighted by molar-refractivity contribution is -0.386. The first-order chi connectivity index (χ1) is 12.9. The molecule has 2 aromatic heterocycles. The molecule has 0 bridgehead atoms. The fraction of sp³-hybridized carbons (Fsp3) is 0.267. The van der Waals surface area contributed by atoms with E-state index in [1.165, 1.54) is 12.4 Å². The van der Waals surface area contributed by atoms with Crippen molar-refractivity contribution in [2.24, 2.45) is 0 Å². The number of alkyl halides is 2. The number of hydrogen-bond acceptors (Lipinski definition) is 8. The molecule has 3 rings (SSSR count). The third kappa shape index (κ3) is 4.34. The molecular formula is C15H15F2N7O3. The van der Waals surface area contributed by atoms with Gasteiger partial charge >= 0.3 is 12.3 Å². The van der Waals surface area contributed by atoms with Gasteiger partial charge in [0.05, 0.1) is 4.92 Å². The van der Waals surface area contributed by atoms with Crippen LogP contribution in [0.15, 0.2) is 30.6 Å². The highest BCUT2D eigenvalue weighted by Crippen LogP contribution is 2.31. The summed E-state index contributed by atoms with van der Waals surface area (Å²) in [6.07, 6.45) is 1.40. The highest BCUT2D eigenvalue weighted by molar-refractivity contribution is 5.58. The van der Waals surface area contributed by atoms with E-state index in [9.17, 15) is 18.9 Å². The van der Waals surface area contributed by atoms with Gasteiger partial charge in [-0.1, -0.05) is 0 Å². The summed E-state index contributed by atoms with van der Waals surface area (Å²) < 4.78 is 30.6. The Bertz CT molecular complexity index is 964. The Balaban J connectivity index is 1.63. The van der Waals surface area contributed by atoms with Crippen LogP contribution < -0.4 is 15.4 Å². The van der Waals surface area contributed by atoms with Gasteiger partial charge in [0.15, 0.2) is 0 Å². The highest BCUT2D eigenvalue weighted by atomic mass is 19.3. The van der Waals surface area contributed by atoms with E-state index in [-0.39, 0.29) is 0 Å². The van der Waals surface area contributed by atoms with Gasteiger partial charge in [0.2, 0.25) is 5.75 Å². The Kier molecular flexibility index (Phi) is 5.24. The molecule has 0 saturated heterocycles. The van der Waals surface area contributed by atoms with Crippen molar-refractivity contribution in [2.75, 3.05) is 23.7 Å². The molecule has 2 N–H and O–H groups in total. The smallest absolute Gasteiger partial charge is 0.387 e. The van der Waals surface area contributed by atoms with Gasteiger partial charge in [-0.15, -0.1) is 0 Å². The average Bonchev–Trinajstić information content (AvgIpc) is 3.06. The van der Waals surface area contributed by atoms with Gasteiger partial charge in [-0.3, -0.25) is 10.1 Å². The maximum atomic E-state index is 12.4. The summed E-state index contributed by atoms with van der Waals surface area (Å²) in [5, 5.41) is 21.1. The van der Waals surface area contributed by atoms with Gasteiger partial charge in [0.25, 0.3) is 5.78 Å². The predicted octanol–water partition coefficient (Wildman–Crippen LogP) is 2.47. The number of hydrogen-bond donors (Lipinski definition) is 2. The molecule has 0 spiro atoms. The van der Waals surface area contributed by atoms with Gasteiger partial charge in [-0.25, -0.2) is 4.98 Å². The number of aromatic nitrogens is 4. The molecule has 0 aliphatic heterocycles. The number of benzene rings is 1. The van der Waals surface area contributed by atoms with Gasteiger partial charge in [0, 0.05) is 42.7 Å². The summed E-state index contributed by atoms with van der Waals surface area (Å²) in [6.45, 7) is -0.454. The third-order valence-electron chi connectivity index (χ3n) is 3.51. The van der Waals surface area contributed by atoms with Crippen molar-refractivity contribution < 1.29 is 18.4 Å². The average molecular weight is 379 g/mol. The lowest BCUT2D eigenvalue weighted by Crippen LogP contribution is -2.16. The number of nitro groups is 1. The van der Waals surface area contributed by atoms with E-state index < -0.39 is 23.0 Å². The minimum absolute atomic E-state index is 0.406. The van der Waals surface area contributed by atoms with Crippen LogP contribution in [-0.4, -0.2) is 44.2 Å². The summed E-state index contributed by atoms with van der Waals surface area (Å²) >= 11 is 0. The molecule has 27 heavy (non-hydrogen) atoms. The fourth-order valence-corrected chi connectivity index (χ4v) is 2.42. The van der Waals surface area contributed by atoms with E-state index >= 15 is 0 Å². The van der Waals surface area contributed by atoms with Crippen molar-refractivity contribution in [1.29, 1.82) is 0 Å². The molecule has 1 aromatic carbocycles. The molecule has 2 heterocycles. The van der Waals surface area contributed by atoms with Crippen molar-refractivity contribution in [3.63, 3.8) is 0 Å². The molecule has 0 radical (unpaired) electrons. The van der Waals surface area contributed by atoms with Gasteiger partial charge in [-0.05, 0) is 13.0 Å². The van der Waals surface area contributed by atoms with Crippen molar-refractivity contribution in [2.45, 2.75) is 13.5 Å². The maximum Gasteiger partial charge on any atom is 0.387 e. The first-order valence-corrected chi connectivity index (χ1v) is 7.82. The van der Waals surface area contributed by atoms with Crippen LogP contribution in [0, 0.1) is 17.0 Å². The highest BCUT2D eigenvalue weighted by Gasteiger charge is 2.19. The van der Waals surface area contributed by atoms with E-state index in [1.807, 2.05) is 13.0 Å². The number of anilines is 2. The molecule has 12 heteroatoms. The first-order valence-electron chi connectivity index (χ1n) is 7.82. The summed E-state index contributed by atoms with van der Waals surface area (Å²) in [5.41, 5.74) is 0.657. The van der Waals surface area contributed by atoms with Crippen LogP contribution >= 0.6 is 0 Å². The molecule has 0 aliphatic rings. The SMILES string of the molecule is Cc1cc(NCCNc2ccc([N+](=O)[O-])c(OC(F)F)c2)n2ncnc2n1. The van der Waals surface area contributed by atoms with Gasteiger partial charge in [0.1, 0.15) is 12.1 Å². The summed E-state index contributed by atoms with van der Waals surface area (Å²) in [6, 6.07) is 5.50. The number of halogens is 2. The fourth-order valence-electron chi connectivity index (χ4n) is 2.42. The summed E-state index contributed by atoms with van der Waals surface area (Å²) in [5.74, 6) is 0.666. The van der Waals surface area contributed by atoms with E-state index in [1.54, 1.807) is 4.52 Å². The zero-order valence-electron chi connectivity index (χ0n) is 14.1. The molecule has 0 saturated carbocycles. The second-order valence-electron chi connectivity index (χ2n) is 5.43. The van der Waals surface area contributed by atoms with Crippen LogP contribution in [-0.2, 0) is 0 Å². The summed E-state index contributed by atoms with van der Waals surface area (Å²) in [7, 11) is 0. The van der Waals surface area contributed by atoms with Crippen LogP contribution in [0.2, 0.25) is 0 Å². The van der Waals surface area contributed by atoms with Crippen LogP contribution in [0.1, 0.15) is 5.69 Å². The van der Waals surface area contributed by atoms with E-state index in [0.29, 0.717) is 30.4 Å². The van der Waals surface area contributed by atoms with Crippen molar-refractivity contribution in [3.05, 3.63) is 46.4 Å². The van der Waals surface area contributed by atoms with E-state index in [2.05, 4.69) is 30.4 Å². The Morgan fingerprint density at radius 2 is 2.07 bits per heavy atom. The molecule has 0 atom stereocenters. The number of fused-ring (bicyclic) bond motifs is 1. The lowest BCUT2D eigenvalue weighted by Gasteiger charge is -2.11. The largest absolute Gasteiger partial charge is 0.427 e. The number of aryl methyl sites for hydroxylation is 1. The number of nitrogens with zero attached hydrogens (tertiary/aromatic N) is 5. The Morgan fingerprint density at radius 1 is 1.30 bits per heavy atom. The first kappa shape index (κ1) is 18.2. The molecular weight excluding hydrogens is 364 g/mol. The molecule has 10 nitrogen and oxygen atoms in total. The zero-order valence-corrected chi connectivity index (χ0v) is 14.1. The maximum absolute atomic E-state index is 12.4. The van der Waals surface area contributed by atoms with Gasteiger partial charge in [-0.2, -0.15) is 23.4 Å². The minimum Gasteiger partial charge on any atom is -0.427 e. The van der Waals surface area contributed by atoms with Crippen LogP contribution in [0.25, 0.3) is 5.78 Å². The number of nitro benzene ring substituents is 1. The minimum atomic E-state index is -3.15. The van der Waals surface area contributed by atoms with E-state index in [4.69, 9.17) is 0 Å². The lowest BCUT2D eigenvalue weighted by atomic mass is 10.2. The Hall–Kier alpha value is -3.57. The van der Waals surface area contributed by atoms with E-state index in [0.717, 1.165) is 17.8 Å².